The molecule has 1 aliphatic rings. The second-order valence-corrected chi connectivity index (χ2v) is 9.37. The number of aromatic nitrogens is 3. The Morgan fingerprint density at radius 3 is 2.34 bits per heavy atom. The van der Waals surface area contributed by atoms with E-state index in [-0.39, 0.29) is 19.0 Å². The van der Waals surface area contributed by atoms with Gasteiger partial charge < -0.3 is 4.90 Å². The third-order valence-corrected chi connectivity index (χ3v) is 7.16. The van der Waals surface area contributed by atoms with Crippen LogP contribution in [0.3, 0.4) is 0 Å². The average Bonchev–Trinajstić information content (AvgIpc) is 3.21. The lowest BCUT2D eigenvalue weighted by atomic mass is 10.0. The Hall–Kier alpha value is -2.78. The highest BCUT2D eigenvalue weighted by molar-refractivity contribution is 7.89. The number of carbonyl (C=O) groups is 1. The number of fused-ring (bicyclic) bond motifs is 1. The first kappa shape index (κ1) is 19.5. The van der Waals surface area contributed by atoms with Crippen LogP contribution in [0, 0.1) is 0 Å². The molecule has 0 N–H and O–H groups in total. The predicted molar refractivity (Wildman–Crippen MR) is 108 cm³/mol. The predicted octanol–water partition coefficient (Wildman–Crippen LogP) is 2.00. The molecule has 8 nitrogen and oxygen atoms in total. The maximum atomic E-state index is 12.9. The van der Waals surface area contributed by atoms with E-state index in [1.165, 1.54) is 4.31 Å². The van der Waals surface area contributed by atoms with Crippen LogP contribution in [0.4, 0.5) is 0 Å². The average molecular weight is 414 g/mol. The molecule has 1 amide bonds. The molecule has 0 atom stereocenters. The topological polar surface area (TPSA) is 87.9 Å². The van der Waals surface area contributed by atoms with E-state index in [0.29, 0.717) is 35.1 Å². The fraction of sp³-hybridized carbons (Fsp3) is 0.350. The molecule has 9 heteroatoms. The molecular weight excluding hydrogens is 390 g/mol. The van der Waals surface area contributed by atoms with Gasteiger partial charge in [0.1, 0.15) is 6.33 Å². The zero-order chi connectivity index (χ0) is 20.6. The number of hydrogen-bond acceptors (Lipinski definition) is 5. The zero-order valence-corrected chi connectivity index (χ0v) is 17.2. The van der Waals surface area contributed by atoms with Gasteiger partial charge in [0.15, 0.2) is 5.65 Å². The smallest absolute Gasteiger partial charge is 0.255 e. The first-order chi connectivity index (χ1) is 13.9. The number of rotatable bonds is 4. The number of benzene rings is 1. The molecule has 152 valence electrons. The van der Waals surface area contributed by atoms with Gasteiger partial charge in [-0.05, 0) is 35.7 Å². The van der Waals surface area contributed by atoms with Crippen molar-refractivity contribution in [1.82, 2.24) is 23.8 Å². The van der Waals surface area contributed by atoms with Crippen LogP contribution in [0.15, 0.2) is 53.8 Å². The summed E-state index contributed by atoms with van der Waals surface area (Å²) in [5.74, 6) is 0.220. The van der Waals surface area contributed by atoms with E-state index in [4.69, 9.17) is 0 Å². The van der Waals surface area contributed by atoms with E-state index in [2.05, 4.69) is 24.0 Å². The van der Waals surface area contributed by atoms with Gasteiger partial charge in [-0.25, -0.2) is 8.42 Å². The van der Waals surface area contributed by atoms with E-state index in [0.717, 1.165) is 5.56 Å². The molecule has 3 heterocycles. The van der Waals surface area contributed by atoms with Gasteiger partial charge in [0.25, 0.3) is 5.91 Å². The SMILES string of the molecule is CC(C)c1ccc(S(=O)(=O)N2CCN(C(=O)c3ccc4nncn4c3)CC2)cc1. The number of nitrogens with zero attached hydrogens (tertiary/aromatic N) is 5. The van der Waals surface area contributed by atoms with Crippen LogP contribution >= 0.6 is 0 Å². The van der Waals surface area contributed by atoms with Crippen molar-refractivity contribution >= 4 is 21.6 Å². The van der Waals surface area contributed by atoms with Crippen molar-refractivity contribution in [2.75, 3.05) is 26.2 Å². The lowest BCUT2D eigenvalue weighted by molar-refractivity contribution is 0.0697. The zero-order valence-electron chi connectivity index (χ0n) is 16.4. The van der Waals surface area contributed by atoms with Crippen molar-refractivity contribution < 1.29 is 13.2 Å². The molecule has 1 saturated heterocycles. The van der Waals surface area contributed by atoms with Crippen LogP contribution in [0.5, 0.6) is 0 Å². The molecule has 0 bridgehead atoms. The first-order valence-electron chi connectivity index (χ1n) is 9.55. The van der Waals surface area contributed by atoms with Gasteiger partial charge >= 0.3 is 0 Å². The normalized spacial score (nSPS) is 15.9. The minimum Gasteiger partial charge on any atom is -0.336 e. The minimum atomic E-state index is -3.56. The summed E-state index contributed by atoms with van der Waals surface area (Å²) in [6, 6.07) is 10.5. The number of hydrogen-bond donors (Lipinski definition) is 0. The van der Waals surface area contributed by atoms with Crippen molar-refractivity contribution in [2.45, 2.75) is 24.7 Å². The molecule has 1 aliphatic heterocycles. The lowest BCUT2D eigenvalue weighted by Crippen LogP contribution is -2.50. The largest absolute Gasteiger partial charge is 0.336 e. The number of carbonyl (C=O) groups excluding carboxylic acids is 1. The van der Waals surface area contributed by atoms with Crippen LogP contribution in [0.1, 0.15) is 35.7 Å². The van der Waals surface area contributed by atoms with Crippen molar-refractivity contribution in [1.29, 1.82) is 0 Å². The van der Waals surface area contributed by atoms with Crippen LogP contribution in [-0.2, 0) is 10.0 Å². The highest BCUT2D eigenvalue weighted by atomic mass is 32.2. The standard InChI is InChI=1S/C20H23N5O3S/c1-15(2)16-3-6-18(7-4-16)29(27,28)25-11-9-23(10-12-25)20(26)17-5-8-19-22-21-14-24(19)13-17/h3-8,13-15H,9-12H2,1-2H3. The Labute approximate surface area is 169 Å². The van der Waals surface area contributed by atoms with E-state index in [1.807, 2.05) is 12.1 Å². The van der Waals surface area contributed by atoms with Gasteiger partial charge in [0.05, 0.1) is 10.5 Å². The summed E-state index contributed by atoms with van der Waals surface area (Å²) in [4.78, 5) is 14.8. The molecule has 0 unspecified atom stereocenters. The van der Waals surface area contributed by atoms with Gasteiger partial charge in [-0.15, -0.1) is 10.2 Å². The Kier molecular flexibility index (Phi) is 5.10. The Morgan fingerprint density at radius 2 is 1.69 bits per heavy atom. The van der Waals surface area contributed by atoms with E-state index >= 15 is 0 Å². The molecule has 1 aromatic carbocycles. The van der Waals surface area contributed by atoms with E-state index in [1.54, 1.807) is 46.1 Å². The number of sulfonamides is 1. The monoisotopic (exact) mass is 413 g/mol. The summed E-state index contributed by atoms with van der Waals surface area (Å²) in [5, 5.41) is 7.74. The molecule has 1 fully saturated rings. The highest BCUT2D eigenvalue weighted by Crippen LogP contribution is 2.21. The first-order valence-corrected chi connectivity index (χ1v) is 11.0. The fourth-order valence-corrected chi connectivity index (χ4v) is 4.86. The quantitative estimate of drug-likeness (QED) is 0.653. The van der Waals surface area contributed by atoms with Gasteiger partial charge in [-0.2, -0.15) is 4.31 Å². The van der Waals surface area contributed by atoms with E-state index < -0.39 is 10.0 Å². The molecule has 29 heavy (non-hydrogen) atoms. The Morgan fingerprint density at radius 1 is 1.00 bits per heavy atom. The fourth-order valence-electron chi connectivity index (χ4n) is 3.44. The maximum Gasteiger partial charge on any atom is 0.255 e. The summed E-state index contributed by atoms with van der Waals surface area (Å²) >= 11 is 0. The summed E-state index contributed by atoms with van der Waals surface area (Å²) in [6.45, 7) is 5.39. The van der Waals surface area contributed by atoms with Crippen LogP contribution in [-0.4, -0.2) is 64.3 Å². The van der Waals surface area contributed by atoms with Gasteiger partial charge in [0.2, 0.25) is 10.0 Å². The third-order valence-electron chi connectivity index (χ3n) is 5.25. The van der Waals surface area contributed by atoms with Gasteiger partial charge in [0, 0.05) is 32.4 Å². The second kappa shape index (κ2) is 7.57. The molecular formula is C20H23N5O3S. The minimum absolute atomic E-state index is 0.126. The van der Waals surface area contributed by atoms with Crippen LogP contribution in [0.2, 0.25) is 0 Å². The lowest BCUT2D eigenvalue weighted by Gasteiger charge is -2.34. The number of pyridine rings is 1. The van der Waals surface area contributed by atoms with Crippen LogP contribution < -0.4 is 0 Å². The number of amides is 1. The molecule has 0 aliphatic carbocycles. The van der Waals surface area contributed by atoms with Crippen molar-refractivity contribution in [3.63, 3.8) is 0 Å². The molecule has 4 rings (SSSR count). The number of piperazine rings is 1. The molecule has 2 aromatic heterocycles. The third kappa shape index (κ3) is 3.75. The molecule has 3 aromatic rings. The highest BCUT2D eigenvalue weighted by Gasteiger charge is 2.30. The summed E-state index contributed by atoms with van der Waals surface area (Å²) < 4.78 is 29.0. The van der Waals surface area contributed by atoms with Crippen molar-refractivity contribution in [3.05, 3.63) is 60.0 Å². The van der Waals surface area contributed by atoms with E-state index in [9.17, 15) is 13.2 Å². The van der Waals surface area contributed by atoms with Gasteiger partial charge in [-0.1, -0.05) is 26.0 Å². The maximum absolute atomic E-state index is 12.9. The molecule has 0 spiro atoms. The van der Waals surface area contributed by atoms with Crippen molar-refractivity contribution in [2.24, 2.45) is 0 Å². The Balaban J connectivity index is 1.44. The second-order valence-electron chi connectivity index (χ2n) is 7.43. The van der Waals surface area contributed by atoms with Crippen LogP contribution in [0.25, 0.3) is 5.65 Å². The van der Waals surface area contributed by atoms with Gasteiger partial charge in [-0.3, -0.25) is 9.20 Å². The Bertz CT molecular complexity index is 1130. The molecule has 0 saturated carbocycles. The van der Waals surface area contributed by atoms with Crippen molar-refractivity contribution in [3.8, 4) is 0 Å². The molecule has 0 radical (unpaired) electrons. The summed E-state index contributed by atoms with van der Waals surface area (Å²) in [6.07, 6.45) is 3.23. The summed E-state index contributed by atoms with van der Waals surface area (Å²) in [7, 11) is -3.56. The summed E-state index contributed by atoms with van der Waals surface area (Å²) in [5.41, 5.74) is 2.29.